The summed E-state index contributed by atoms with van der Waals surface area (Å²) in [5.74, 6) is -0.475. The number of hydrogen-bond donors (Lipinski definition) is 2. The highest BCUT2D eigenvalue weighted by atomic mass is 16.2. The Labute approximate surface area is 131 Å². The van der Waals surface area contributed by atoms with Crippen molar-refractivity contribution in [2.75, 3.05) is 5.32 Å². The molecule has 22 heavy (non-hydrogen) atoms. The number of nitriles is 1. The van der Waals surface area contributed by atoms with Gasteiger partial charge in [-0.1, -0.05) is 39.0 Å². The molecule has 0 fully saturated rings. The van der Waals surface area contributed by atoms with Crippen LogP contribution < -0.4 is 10.6 Å². The van der Waals surface area contributed by atoms with Crippen LogP contribution >= 0.6 is 0 Å². The smallest absolute Gasteiger partial charge is 0.243 e. The molecule has 0 saturated heterocycles. The van der Waals surface area contributed by atoms with E-state index in [2.05, 4.69) is 10.6 Å². The van der Waals surface area contributed by atoms with Gasteiger partial charge < -0.3 is 10.6 Å². The molecule has 5 heteroatoms. The number of carbonyl (C=O) groups excluding carboxylic acids is 2. The third kappa shape index (κ3) is 7.25. The van der Waals surface area contributed by atoms with Gasteiger partial charge in [-0.25, -0.2) is 0 Å². The topological polar surface area (TPSA) is 82.0 Å². The number of anilines is 1. The minimum atomic E-state index is -0.337. The van der Waals surface area contributed by atoms with Crippen LogP contribution in [0.3, 0.4) is 0 Å². The molecule has 0 radical (unpaired) electrons. The average Bonchev–Trinajstić information content (AvgIpc) is 2.44. The number of benzene rings is 1. The highest BCUT2D eigenvalue weighted by molar-refractivity contribution is 5.92. The van der Waals surface area contributed by atoms with E-state index >= 15 is 0 Å². The summed E-state index contributed by atoms with van der Waals surface area (Å²) in [6.45, 7) is 6.49. The number of nitrogens with zero attached hydrogens (tertiary/aromatic N) is 1. The van der Waals surface area contributed by atoms with Crippen molar-refractivity contribution in [1.29, 1.82) is 5.26 Å². The van der Waals surface area contributed by atoms with Gasteiger partial charge in [0, 0.05) is 12.2 Å². The first-order chi connectivity index (χ1) is 10.3. The van der Waals surface area contributed by atoms with Gasteiger partial charge in [0.25, 0.3) is 0 Å². The highest BCUT2D eigenvalue weighted by Crippen LogP contribution is 2.14. The Kier molecular flexibility index (Phi) is 6.33. The highest BCUT2D eigenvalue weighted by Gasteiger charge is 2.05. The standard InChI is InChI=1S/C17H21N3O2/c1-17(2,3)10-8-15(21)19-12-13-4-6-14(7-5-13)20-16(22)9-11-18/h4-8,10H,9,12H2,1-3H3,(H,19,21)(H,20,22)/b10-8+. The molecule has 0 spiro atoms. The molecular formula is C17H21N3O2. The summed E-state index contributed by atoms with van der Waals surface area (Å²) in [6.07, 6.45) is 3.23. The molecule has 0 atom stereocenters. The van der Waals surface area contributed by atoms with Crippen LogP contribution in [0.2, 0.25) is 0 Å². The van der Waals surface area contributed by atoms with Gasteiger partial charge in [0.1, 0.15) is 6.42 Å². The van der Waals surface area contributed by atoms with E-state index < -0.39 is 0 Å². The maximum atomic E-state index is 11.7. The molecule has 0 bridgehead atoms. The summed E-state index contributed by atoms with van der Waals surface area (Å²) in [7, 11) is 0. The monoisotopic (exact) mass is 299 g/mol. The van der Waals surface area contributed by atoms with E-state index in [1.165, 1.54) is 6.08 Å². The fourth-order valence-corrected chi connectivity index (χ4v) is 1.56. The number of amides is 2. The maximum absolute atomic E-state index is 11.7. The van der Waals surface area contributed by atoms with Crippen molar-refractivity contribution in [3.63, 3.8) is 0 Å². The van der Waals surface area contributed by atoms with E-state index in [1.54, 1.807) is 18.2 Å². The van der Waals surface area contributed by atoms with Gasteiger partial charge in [0.2, 0.25) is 11.8 Å². The zero-order valence-electron chi connectivity index (χ0n) is 13.1. The molecule has 1 aromatic carbocycles. The largest absolute Gasteiger partial charge is 0.348 e. The molecule has 1 aromatic rings. The molecule has 2 N–H and O–H groups in total. The quantitative estimate of drug-likeness (QED) is 0.820. The summed E-state index contributed by atoms with van der Waals surface area (Å²) < 4.78 is 0. The molecule has 116 valence electrons. The zero-order chi connectivity index (χ0) is 16.6. The third-order valence-electron chi connectivity index (χ3n) is 2.68. The Morgan fingerprint density at radius 1 is 1.23 bits per heavy atom. The lowest BCUT2D eigenvalue weighted by molar-refractivity contribution is -0.117. The molecule has 0 aromatic heterocycles. The van der Waals surface area contributed by atoms with Crippen molar-refractivity contribution >= 4 is 17.5 Å². The number of rotatable bonds is 5. The molecular weight excluding hydrogens is 278 g/mol. The summed E-state index contributed by atoms with van der Waals surface area (Å²) in [4.78, 5) is 22.9. The van der Waals surface area contributed by atoms with Crippen LogP contribution in [0.15, 0.2) is 36.4 Å². The fraction of sp³-hybridized carbons (Fsp3) is 0.353. The second kappa shape index (κ2) is 7.99. The van der Waals surface area contributed by atoms with Crippen molar-refractivity contribution in [3.05, 3.63) is 42.0 Å². The first-order valence-electron chi connectivity index (χ1n) is 7.03. The molecule has 0 aliphatic rings. The van der Waals surface area contributed by atoms with E-state index in [0.29, 0.717) is 12.2 Å². The summed E-state index contributed by atoms with van der Waals surface area (Å²) in [5, 5.41) is 13.8. The molecule has 0 unspecified atom stereocenters. The van der Waals surface area contributed by atoms with E-state index in [9.17, 15) is 9.59 Å². The number of hydrogen-bond acceptors (Lipinski definition) is 3. The van der Waals surface area contributed by atoms with Gasteiger partial charge in [0.15, 0.2) is 0 Å². The summed E-state index contributed by atoms with van der Waals surface area (Å²) in [6, 6.07) is 8.89. The Bertz CT molecular complexity index is 590. The molecule has 0 heterocycles. The van der Waals surface area contributed by atoms with Crippen LogP contribution in [-0.2, 0) is 16.1 Å². The predicted octanol–water partition coefficient (Wildman–Crippen LogP) is 2.76. The number of allylic oxidation sites excluding steroid dienone is 1. The van der Waals surface area contributed by atoms with Crippen molar-refractivity contribution in [1.82, 2.24) is 5.32 Å². The minimum absolute atomic E-state index is 0.0272. The minimum Gasteiger partial charge on any atom is -0.348 e. The van der Waals surface area contributed by atoms with Crippen LogP contribution in [0.25, 0.3) is 0 Å². The second-order valence-corrected chi connectivity index (χ2v) is 6.00. The van der Waals surface area contributed by atoms with Gasteiger partial charge in [-0.2, -0.15) is 5.26 Å². The lowest BCUT2D eigenvalue weighted by Crippen LogP contribution is -2.21. The molecule has 5 nitrogen and oxygen atoms in total. The Morgan fingerprint density at radius 3 is 2.41 bits per heavy atom. The number of carbonyl (C=O) groups is 2. The zero-order valence-corrected chi connectivity index (χ0v) is 13.1. The van der Waals surface area contributed by atoms with E-state index in [4.69, 9.17) is 5.26 Å². The summed E-state index contributed by atoms with van der Waals surface area (Å²) >= 11 is 0. The molecule has 1 rings (SSSR count). The third-order valence-corrected chi connectivity index (χ3v) is 2.68. The predicted molar refractivity (Wildman–Crippen MR) is 85.7 cm³/mol. The molecule has 0 aliphatic heterocycles. The van der Waals surface area contributed by atoms with Crippen LogP contribution in [0.5, 0.6) is 0 Å². The van der Waals surface area contributed by atoms with E-state index in [-0.39, 0.29) is 23.7 Å². The molecule has 2 amide bonds. The van der Waals surface area contributed by atoms with E-state index in [1.807, 2.05) is 39.0 Å². The van der Waals surface area contributed by atoms with Crippen LogP contribution in [-0.4, -0.2) is 11.8 Å². The van der Waals surface area contributed by atoms with Crippen molar-refractivity contribution in [2.24, 2.45) is 5.41 Å². The Balaban J connectivity index is 2.48. The lowest BCUT2D eigenvalue weighted by Gasteiger charge is -2.11. The van der Waals surface area contributed by atoms with Crippen molar-refractivity contribution in [2.45, 2.75) is 33.7 Å². The van der Waals surface area contributed by atoms with Crippen LogP contribution in [0.4, 0.5) is 5.69 Å². The van der Waals surface area contributed by atoms with Crippen LogP contribution in [0, 0.1) is 16.7 Å². The average molecular weight is 299 g/mol. The van der Waals surface area contributed by atoms with Gasteiger partial charge in [-0.15, -0.1) is 0 Å². The van der Waals surface area contributed by atoms with Crippen molar-refractivity contribution < 1.29 is 9.59 Å². The maximum Gasteiger partial charge on any atom is 0.243 e. The normalized spacial score (nSPS) is 11.0. The first-order valence-corrected chi connectivity index (χ1v) is 7.03. The Hall–Kier alpha value is -2.61. The first kappa shape index (κ1) is 17.4. The van der Waals surface area contributed by atoms with Gasteiger partial charge >= 0.3 is 0 Å². The lowest BCUT2D eigenvalue weighted by atomic mass is 9.96. The summed E-state index contributed by atoms with van der Waals surface area (Å²) in [5.41, 5.74) is 1.53. The van der Waals surface area contributed by atoms with Gasteiger partial charge in [-0.3, -0.25) is 9.59 Å². The SMILES string of the molecule is CC(C)(C)/C=C/C(=O)NCc1ccc(NC(=O)CC#N)cc1. The second-order valence-electron chi connectivity index (χ2n) is 6.00. The fourth-order valence-electron chi connectivity index (χ4n) is 1.56. The van der Waals surface area contributed by atoms with Gasteiger partial charge in [0.05, 0.1) is 6.07 Å². The molecule has 0 aliphatic carbocycles. The van der Waals surface area contributed by atoms with Crippen molar-refractivity contribution in [3.8, 4) is 6.07 Å². The van der Waals surface area contributed by atoms with E-state index in [0.717, 1.165) is 5.56 Å². The van der Waals surface area contributed by atoms with Gasteiger partial charge in [-0.05, 0) is 29.2 Å². The molecule has 0 saturated carbocycles. The van der Waals surface area contributed by atoms with Crippen LogP contribution in [0.1, 0.15) is 32.8 Å². The number of nitrogens with one attached hydrogen (secondary N) is 2. The Morgan fingerprint density at radius 2 is 1.86 bits per heavy atom.